The molecule has 0 aliphatic carbocycles. The highest BCUT2D eigenvalue weighted by Crippen LogP contribution is 2.20. The van der Waals surface area contributed by atoms with E-state index in [9.17, 15) is 4.79 Å². The second-order valence-corrected chi connectivity index (χ2v) is 4.58. The normalized spacial score (nSPS) is 10.4. The maximum atomic E-state index is 10.9. The van der Waals surface area contributed by atoms with Crippen molar-refractivity contribution in [2.24, 2.45) is 0 Å². The summed E-state index contributed by atoms with van der Waals surface area (Å²) in [5, 5.41) is 8.98. The molecule has 2 rings (SSSR count). The van der Waals surface area contributed by atoms with Crippen molar-refractivity contribution in [3.05, 3.63) is 53.2 Å². The van der Waals surface area contributed by atoms with Gasteiger partial charge in [-0.3, -0.25) is 4.98 Å². The Balaban J connectivity index is 2.31. The van der Waals surface area contributed by atoms with E-state index in [1.54, 1.807) is 19.1 Å². The van der Waals surface area contributed by atoms with Gasteiger partial charge in [0.1, 0.15) is 0 Å². The van der Waals surface area contributed by atoms with Crippen LogP contribution in [0, 0.1) is 6.92 Å². The maximum absolute atomic E-state index is 10.9. The number of rotatable bonds is 4. The summed E-state index contributed by atoms with van der Waals surface area (Å²) in [7, 11) is 0. The fourth-order valence-electron chi connectivity index (χ4n) is 2.08. The smallest absolute Gasteiger partial charge is 0.337 e. The minimum atomic E-state index is -0.935. The van der Waals surface area contributed by atoms with Crippen molar-refractivity contribution in [3.8, 4) is 11.3 Å². The van der Waals surface area contributed by atoms with Gasteiger partial charge in [-0.05, 0) is 31.0 Å². The number of carboxylic acid groups (broad SMARTS) is 1. The molecule has 3 heteroatoms. The van der Waals surface area contributed by atoms with E-state index in [-0.39, 0.29) is 5.56 Å². The number of hydrogen-bond acceptors (Lipinski definition) is 2. The molecule has 0 spiro atoms. The van der Waals surface area contributed by atoms with Crippen molar-refractivity contribution in [3.63, 3.8) is 0 Å². The first-order chi connectivity index (χ1) is 9.11. The molecule has 3 nitrogen and oxygen atoms in total. The third-order valence-electron chi connectivity index (χ3n) is 3.10. The SMILES string of the molecule is CCCc1ccc(-c2ccc(C(=O)O)c(C)n2)cc1. The van der Waals surface area contributed by atoms with E-state index in [1.165, 1.54) is 5.56 Å². The zero-order chi connectivity index (χ0) is 13.8. The van der Waals surface area contributed by atoms with E-state index in [1.807, 2.05) is 12.1 Å². The van der Waals surface area contributed by atoms with Gasteiger partial charge < -0.3 is 5.11 Å². The third-order valence-corrected chi connectivity index (χ3v) is 3.10. The van der Waals surface area contributed by atoms with Crippen LogP contribution in [0.4, 0.5) is 0 Å². The molecule has 1 aromatic carbocycles. The fraction of sp³-hybridized carbons (Fsp3) is 0.250. The molecule has 0 fully saturated rings. The van der Waals surface area contributed by atoms with Crippen LogP contribution < -0.4 is 0 Å². The summed E-state index contributed by atoms with van der Waals surface area (Å²) in [6, 6.07) is 11.6. The Labute approximate surface area is 112 Å². The molecule has 0 aliphatic rings. The Morgan fingerprint density at radius 1 is 1.16 bits per heavy atom. The van der Waals surface area contributed by atoms with Crippen LogP contribution in [-0.2, 0) is 6.42 Å². The summed E-state index contributed by atoms with van der Waals surface area (Å²) in [6.45, 7) is 3.88. The molecule has 0 saturated carbocycles. The first-order valence-electron chi connectivity index (χ1n) is 6.42. The van der Waals surface area contributed by atoms with Crippen LogP contribution in [0.15, 0.2) is 36.4 Å². The van der Waals surface area contributed by atoms with E-state index in [2.05, 4.69) is 24.0 Å². The number of aryl methyl sites for hydroxylation is 2. The molecule has 0 radical (unpaired) electrons. The highest BCUT2D eigenvalue weighted by Gasteiger charge is 2.09. The van der Waals surface area contributed by atoms with Crippen LogP contribution in [0.3, 0.4) is 0 Å². The van der Waals surface area contributed by atoms with Gasteiger partial charge in [0, 0.05) is 5.56 Å². The Morgan fingerprint density at radius 3 is 2.37 bits per heavy atom. The maximum Gasteiger partial charge on any atom is 0.337 e. The quantitative estimate of drug-likeness (QED) is 0.906. The Bertz CT molecular complexity index is 588. The topological polar surface area (TPSA) is 50.2 Å². The van der Waals surface area contributed by atoms with Gasteiger partial charge in [-0.1, -0.05) is 37.6 Å². The van der Waals surface area contributed by atoms with Crippen molar-refractivity contribution < 1.29 is 9.90 Å². The second kappa shape index (κ2) is 5.65. The van der Waals surface area contributed by atoms with Gasteiger partial charge in [0.15, 0.2) is 0 Å². The number of benzene rings is 1. The van der Waals surface area contributed by atoms with E-state index < -0.39 is 5.97 Å². The molecule has 1 N–H and O–H groups in total. The van der Waals surface area contributed by atoms with E-state index in [0.717, 1.165) is 24.1 Å². The summed E-state index contributed by atoms with van der Waals surface area (Å²) in [6.07, 6.45) is 2.20. The van der Waals surface area contributed by atoms with Crippen LogP contribution in [0.25, 0.3) is 11.3 Å². The van der Waals surface area contributed by atoms with Gasteiger partial charge in [0.25, 0.3) is 0 Å². The van der Waals surface area contributed by atoms with Crippen molar-refractivity contribution in [1.29, 1.82) is 0 Å². The number of carbonyl (C=O) groups is 1. The van der Waals surface area contributed by atoms with Crippen LogP contribution in [0.1, 0.15) is 35.0 Å². The van der Waals surface area contributed by atoms with Gasteiger partial charge in [0.2, 0.25) is 0 Å². The first kappa shape index (κ1) is 13.3. The number of aromatic carboxylic acids is 1. The highest BCUT2D eigenvalue weighted by atomic mass is 16.4. The number of carboxylic acids is 1. The Kier molecular flexibility index (Phi) is 3.95. The third kappa shape index (κ3) is 2.99. The van der Waals surface area contributed by atoms with Gasteiger partial charge in [-0.15, -0.1) is 0 Å². The van der Waals surface area contributed by atoms with E-state index in [0.29, 0.717) is 5.69 Å². The van der Waals surface area contributed by atoms with Gasteiger partial charge in [-0.2, -0.15) is 0 Å². The summed E-state index contributed by atoms with van der Waals surface area (Å²) >= 11 is 0. The second-order valence-electron chi connectivity index (χ2n) is 4.58. The van der Waals surface area contributed by atoms with Crippen LogP contribution in [-0.4, -0.2) is 16.1 Å². The predicted octanol–water partition coefficient (Wildman–Crippen LogP) is 3.71. The van der Waals surface area contributed by atoms with Gasteiger partial charge in [0.05, 0.1) is 17.0 Å². The number of hydrogen-bond donors (Lipinski definition) is 1. The van der Waals surface area contributed by atoms with Gasteiger partial charge in [-0.25, -0.2) is 4.79 Å². The summed E-state index contributed by atoms with van der Waals surface area (Å²) in [5.74, 6) is -0.935. The molecule has 0 saturated heterocycles. The Morgan fingerprint density at radius 2 is 1.84 bits per heavy atom. The average molecular weight is 255 g/mol. The lowest BCUT2D eigenvalue weighted by Gasteiger charge is -2.06. The molecule has 0 amide bonds. The minimum Gasteiger partial charge on any atom is -0.478 e. The predicted molar refractivity (Wildman–Crippen MR) is 75.4 cm³/mol. The summed E-state index contributed by atoms with van der Waals surface area (Å²) in [5.41, 5.74) is 3.93. The lowest BCUT2D eigenvalue weighted by atomic mass is 10.0. The minimum absolute atomic E-state index is 0.256. The molecule has 1 aromatic heterocycles. The summed E-state index contributed by atoms with van der Waals surface area (Å²) < 4.78 is 0. The molecule has 1 heterocycles. The number of aromatic nitrogens is 1. The molecule has 0 atom stereocenters. The monoisotopic (exact) mass is 255 g/mol. The van der Waals surface area contributed by atoms with Gasteiger partial charge >= 0.3 is 5.97 Å². The van der Waals surface area contributed by atoms with Crippen molar-refractivity contribution >= 4 is 5.97 Å². The molecule has 19 heavy (non-hydrogen) atoms. The lowest BCUT2D eigenvalue weighted by molar-refractivity contribution is 0.0695. The molecule has 0 bridgehead atoms. The Hall–Kier alpha value is -2.16. The van der Waals surface area contributed by atoms with E-state index >= 15 is 0 Å². The van der Waals surface area contributed by atoms with E-state index in [4.69, 9.17) is 5.11 Å². The molecule has 98 valence electrons. The zero-order valence-electron chi connectivity index (χ0n) is 11.2. The lowest BCUT2D eigenvalue weighted by Crippen LogP contribution is -2.02. The fourth-order valence-corrected chi connectivity index (χ4v) is 2.08. The van der Waals surface area contributed by atoms with Crippen molar-refractivity contribution in [2.75, 3.05) is 0 Å². The molecule has 0 unspecified atom stereocenters. The average Bonchev–Trinajstić information content (AvgIpc) is 2.39. The number of pyridine rings is 1. The molecule has 0 aliphatic heterocycles. The number of nitrogens with zero attached hydrogens (tertiary/aromatic N) is 1. The highest BCUT2D eigenvalue weighted by molar-refractivity contribution is 5.89. The van der Waals surface area contributed by atoms with Crippen molar-refractivity contribution in [1.82, 2.24) is 4.98 Å². The molecule has 2 aromatic rings. The standard InChI is InChI=1S/C16H17NO2/c1-3-4-12-5-7-13(8-6-12)15-10-9-14(16(18)19)11(2)17-15/h5-10H,3-4H2,1-2H3,(H,18,19). The molecular formula is C16H17NO2. The van der Waals surface area contributed by atoms with Crippen molar-refractivity contribution in [2.45, 2.75) is 26.7 Å². The van der Waals surface area contributed by atoms with Crippen LogP contribution in [0.5, 0.6) is 0 Å². The van der Waals surface area contributed by atoms with Crippen LogP contribution in [0.2, 0.25) is 0 Å². The largest absolute Gasteiger partial charge is 0.478 e. The zero-order valence-corrected chi connectivity index (χ0v) is 11.2. The first-order valence-corrected chi connectivity index (χ1v) is 6.42. The molecular weight excluding hydrogens is 238 g/mol. The van der Waals surface area contributed by atoms with Crippen LogP contribution >= 0.6 is 0 Å². The summed E-state index contributed by atoms with van der Waals surface area (Å²) in [4.78, 5) is 15.3.